The molecule has 0 aromatic heterocycles. The molecule has 3 aromatic rings. The largest absolute Gasteiger partial charge is 0.456 e. The van der Waals surface area contributed by atoms with Crippen LogP contribution in [0.3, 0.4) is 0 Å². The van der Waals surface area contributed by atoms with E-state index in [4.69, 9.17) is 18.9 Å². The van der Waals surface area contributed by atoms with Gasteiger partial charge in [-0.2, -0.15) is 0 Å². The molecule has 0 atom stereocenters. The second-order valence-electron chi connectivity index (χ2n) is 7.70. The molecule has 1 spiro atoms. The summed E-state index contributed by atoms with van der Waals surface area (Å²) in [6.45, 7) is 2.56. The Morgan fingerprint density at radius 2 is 1.41 bits per heavy atom. The third-order valence-electron chi connectivity index (χ3n) is 5.50. The van der Waals surface area contributed by atoms with Gasteiger partial charge in [-0.3, -0.25) is 14.4 Å². The fraction of sp³-hybridized carbons (Fsp3) is 0.120. The van der Waals surface area contributed by atoms with Crippen molar-refractivity contribution in [3.8, 4) is 23.0 Å². The predicted octanol–water partition coefficient (Wildman–Crippen LogP) is 3.67. The second-order valence-corrected chi connectivity index (χ2v) is 7.70. The van der Waals surface area contributed by atoms with E-state index >= 15 is 0 Å². The van der Waals surface area contributed by atoms with Crippen LogP contribution in [0.15, 0.2) is 54.6 Å². The maximum Gasteiger partial charge on any atom is 0.340 e. The summed E-state index contributed by atoms with van der Waals surface area (Å²) in [5.74, 6) is -0.515. The lowest BCUT2D eigenvalue weighted by Gasteiger charge is -2.36. The van der Waals surface area contributed by atoms with Crippen molar-refractivity contribution in [2.24, 2.45) is 0 Å². The third kappa shape index (κ3) is 3.25. The van der Waals surface area contributed by atoms with Crippen molar-refractivity contribution < 1.29 is 38.1 Å². The molecule has 3 aromatic carbocycles. The van der Waals surface area contributed by atoms with E-state index in [9.17, 15) is 19.2 Å². The minimum absolute atomic E-state index is 0.246. The van der Waals surface area contributed by atoms with Crippen LogP contribution >= 0.6 is 0 Å². The third-order valence-corrected chi connectivity index (χ3v) is 5.50. The number of carbonyl (C=O) groups excluding carboxylic acids is 4. The smallest absolute Gasteiger partial charge is 0.340 e. The van der Waals surface area contributed by atoms with Gasteiger partial charge < -0.3 is 24.3 Å². The lowest BCUT2D eigenvalue weighted by molar-refractivity contribution is -0.132. The zero-order valence-corrected chi connectivity index (χ0v) is 18.0. The number of hydrogen-bond acceptors (Lipinski definition) is 8. The van der Waals surface area contributed by atoms with Crippen molar-refractivity contribution in [2.45, 2.75) is 19.4 Å². The Morgan fingerprint density at radius 3 is 1.94 bits per heavy atom. The highest BCUT2D eigenvalue weighted by Gasteiger charge is 2.53. The van der Waals surface area contributed by atoms with Crippen LogP contribution in [-0.4, -0.2) is 24.3 Å². The Labute approximate surface area is 193 Å². The number of rotatable bonds is 4. The minimum atomic E-state index is -1.38. The molecule has 0 saturated carbocycles. The van der Waals surface area contributed by atoms with Crippen LogP contribution in [0.25, 0.3) is 0 Å². The molecule has 0 fully saturated rings. The van der Waals surface area contributed by atoms with Crippen molar-refractivity contribution in [1.29, 1.82) is 0 Å². The van der Waals surface area contributed by atoms with Crippen LogP contribution < -0.4 is 19.5 Å². The van der Waals surface area contributed by atoms with Crippen molar-refractivity contribution in [1.82, 2.24) is 0 Å². The van der Waals surface area contributed by atoms with E-state index in [1.807, 2.05) is 0 Å². The average molecular weight is 459 g/mol. The number of ether oxygens (including phenoxy) is 4. The van der Waals surface area contributed by atoms with Crippen LogP contribution in [0.2, 0.25) is 0 Å². The molecule has 1 N–H and O–H groups in total. The van der Waals surface area contributed by atoms with Gasteiger partial charge in [-0.25, -0.2) is 4.79 Å². The quantitative estimate of drug-likeness (QED) is 0.357. The fourth-order valence-corrected chi connectivity index (χ4v) is 4.31. The van der Waals surface area contributed by atoms with Crippen LogP contribution in [0.4, 0.5) is 5.69 Å². The van der Waals surface area contributed by atoms with Gasteiger partial charge in [0.05, 0.1) is 5.56 Å². The lowest BCUT2D eigenvalue weighted by atomic mass is 9.77. The number of fused-ring (bicyclic) bond motifs is 6. The zero-order chi connectivity index (χ0) is 24.0. The van der Waals surface area contributed by atoms with Gasteiger partial charge in [-0.05, 0) is 36.4 Å². The van der Waals surface area contributed by atoms with Gasteiger partial charge in [0.15, 0.2) is 5.60 Å². The molecular weight excluding hydrogens is 442 g/mol. The highest BCUT2D eigenvalue weighted by molar-refractivity contribution is 5.98. The summed E-state index contributed by atoms with van der Waals surface area (Å²) >= 11 is 0. The van der Waals surface area contributed by atoms with Gasteiger partial charge in [0.25, 0.3) is 0 Å². The highest BCUT2D eigenvalue weighted by Crippen LogP contribution is 2.57. The Bertz CT molecular complexity index is 1330. The van der Waals surface area contributed by atoms with Gasteiger partial charge >= 0.3 is 17.9 Å². The maximum atomic E-state index is 13.0. The summed E-state index contributed by atoms with van der Waals surface area (Å²) in [5, 5.41) is 2.53. The molecule has 0 saturated heterocycles. The number of benzene rings is 3. The van der Waals surface area contributed by atoms with Crippen LogP contribution in [0, 0.1) is 0 Å². The second kappa shape index (κ2) is 7.73. The number of hydrogen-bond donors (Lipinski definition) is 1. The monoisotopic (exact) mass is 459 g/mol. The Kier molecular flexibility index (Phi) is 4.82. The minimum Gasteiger partial charge on any atom is -0.456 e. The Balaban J connectivity index is 1.75. The molecule has 2 aliphatic heterocycles. The summed E-state index contributed by atoms with van der Waals surface area (Å²) in [7, 11) is 0. The van der Waals surface area contributed by atoms with Crippen LogP contribution in [0.1, 0.15) is 40.9 Å². The van der Waals surface area contributed by atoms with Gasteiger partial charge in [-0.1, -0.05) is 6.07 Å². The van der Waals surface area contributed by atoms with E-state index in [0.717, 1.165) is 0 Å². The SMILES string of the molecule is CC(=O)Oc1ccc2c(c1)Oc1cc(OC(C)=O)ccc1C21OC(=O)c2cc(NC=O)ccc21. The lowest BCUT2D eigenvalue weighted by Crippen LogP contribution is -2.33. The molecule has 9 heteroatoms. The molecule has 34 heavy (non-hydrogen) atoms. The number of anilines is 1. The number of nitrogens with one attached hydrogen (secondary N) is 1. The van der Waals surface area contributed by atoms with Gasteiger partial charge in [-0.15, -0.1) is 0 Å². The van der Waals surface area contributed by atoms with Crippen molar-refractivity contribution in [2.75, 3.05) is 5.32 Å². The molecular formula is C25H17NO8. The maximum absolute atomic E-state index is 13.0. The van der Waals surface area contributed by atoms with E-state index in [0.29, 0.717) is 40.3 Å². The number of amides is 1. The molecule has 2 heterocycles. The van der Waals surface area contributed by atoms with E-state index in [1.54, 1.807) is 36.4 Å². The molecule has 170 valence electrons. The van der Waals surface area contributed by atoms with Gasteiger partial charge in [0, 0.05) is 48.4 Å². The zero-order valence-electron chi connectivity index (χ0n) is 18.0. The van der Waals surface area contributed by atoms with Crippen molar-refractivity contribution in [3.63, 3.8) is 0 Å². The fourth-order valence-electron chi connectivity index (χ4n) is 4.31. The van der Waals surface area contributed by atoms with Crippen LogP contribution in [0.5, 0.6) is 23.0 Å². The normalized spacial score (nSPS) is 14.1. The molecule has 0 bridgehead atoms. The Hall–Kier alpha value is -4.66. The molecule has 9 nitrogen and oxygen atoms in total. The van der Waals surface area contributed by atoms with E-state index < -0.39 is 23.5 Å². The predicted molar refractivity (Wildman–Crippen MR) is 117 cm³/mol. The molecule has 0 unspecified atom stereocenters. The first-order valence-electron chi connectivity index (χ1n) is 10.2. The summed E-state index contributed by atoms with van der Waals surface area (Å²) in [5.41, 5.74) is 0.904. The highest BCUT2D eigenvalue weighted by atomic mass is 16.6. The first kappa shape index (κ1) is 21.2. The van der Waals surface area contributed by atoms with Crippen molar-refractivity contribution in [3.05, 3.63) is 76.9 Å². The van der Waals surface area contributed by atoms with E-state index in [-0.39, 0.29) is 17.1 Å². The van der Waals surface area contributed by atoms with Crippen molar-refractivity contribution >= 4 is 30.0 Å². The molecule has 1 amide bonds. The van der Waals surface area contributed by atoms with Gasteiger partial charge in [0.2, 0.25) is 6.41 Å². The van der Waals surface area contributed by atoms with Gasteiger partial charge in [0.1, 0.15) is 23.0 Å². The molecule has 2 aliphatic rings. The first-order valence-corrected chi connectivity index (χ1v) is 10.2. The Morgan fingerprint density at radius 1 is 0.853 bits per heavy atom. The summed E-state index contributed by atoms with van der Waals surface area (Å²) in [6.07, 6.45) is 0.518. The first-order chi connectivity index (χ1) is 16.3. The summed E-state index contributed by atoms with van der Waals surface area (Å²) in [4.78, 5) is 46.8. The standard InChI is InChI=1S/C25H17NO8/c1-13(28)31-16-4-7-20-22(10-16)33-23-11-17(32-14(2)29)5-8-21(23)25(20)19-6-3-15(26-12-27)9-18(19)24(30)34-25/h3-12H,1-2H3,(H,26,27). The van der Waals surface area contributed by atoms with Crippen LogP contribution in [-0.2, 0) is 24.7 Å². The molecule has 0 radical (unpaired) electrons. The van der Waals surface area contributed by atoms with E-state index in [1.165, 1.54) is 32.0 Å². The number of esters is 3. The number of carbonyl (C=O) groups is 4. The summed E-state index contributed by atoms with van der Waals surface area (Å²) < 4.78 is 22.5. The van der Waals surface area contributed by atoms with E-state index in [2.05, 4.69) is 5.32 Å². The average Bonchev–Trinajstić information content (AvgIpc) is 3.05. The topological polar surface area (TPSA) is 117 Å². The molecule has 5 rings (SSSR count). The molecule has 0 aliphatic carbocycles. The summed E-state index contributed by atoms with van der Waals surface area (Å²) in [6, 6.07) is 14.4.